The van der Waals surface area contributed by atoms with E-state index in [4.69, 9.17) is 4.74 Å². The first-order valence-electron chi connectivity index (χ1n) is 6.23. The highest BCUT2D eigenvalue weighted by atomic mass is 79.9. The molecule has 0 spiro atoms. The molecule has 0 radical (unpaired) electrons. The van der Waals surface area contributed by atoms with E-state index in [1.807, 2.05) is 24.3 Å². The van der Waals surface area contributed by atoms with E-state index < -0.39 is 0 Å². The molecular weight excluding hydrogens is 322 g/mol. The summed E-state index contributed by atoms with van der Waals surface area (Å²) in [6.07, 6.45) is 2.51. The molecule has 0 saturated carbocycles. The lowest BCUT2D eigenvalue weighted by Crippen LogP contribution is -2.08. The SMILES string of the molecule is COCCCNc1cnnc(Nc2ccc(Br)cc2)n1. The Labute approximate surface area is 126 Å². The van der Waals surface area contributed by atoms with Gasteiger partial charge in [0.05, 0.1) is 6.20 Å². The van der Waals surface area contributed by atoms with Crippen LogP contribution in [0.25, 0.3) is 0 Å². The van der Waals surface area contributed by atoms with Crippen molar-refractivity contribution in [1.82, 2.24) is 15.2 Å². The van der Waals surface area contributed by atoms with Gasteiger partial charge in [0, 0.05) is 30.4 Å². The van der Waals surface area contributed by atoms with Crippen molar-refractivity contribution < 1.29 is 4.74 Å². The van der Waals surface area contributed by atoms with Crippen LogP contribution in [0.15, 0.2) is 34.9 Å². The lowest BCUT2D eigenvalue weighted by molar-refractivity contribution is 0.197. The first kappa shape index (κ1) is 14.7. The van der Waals surface area contributed by atoms with Crippen molar-refractivity contribution >= 4 is 33.4 Å². The van der Waals surface area contributed by atoms with Crippen LogP contribution in [-0.2, 0) is 4.74 Å². The van der Waals surface area contributed by atoms with Gasteiger partial charge in [-0.15, -0.1) is 5.10 Å². The largest absolute Gasteiger partial charge is 0.385 e. The molecule has 2 rings (SSSR count). The molecule has 0 saturated heterocycles. The van der Waals surface area contributed by atoms with Crippen LogP contribution in [0.2, 0.25) is 0 Å². The molecule has 1 aromatic carbocycles. The third-order valence-corrected chi connectivity index (χ3v) is 3.02. The van der Waals surface area contributed by atoms with E-state index in [1.165, 1.54) is 0 Å². The number of ether oxygens (including phenoxy) is 1. The topological polar surface area (TPSA) is 72.0 Å². The van der Waals surface area contributed by atoms with E-state index in [0.717, 1.165) is 29.7 Å². The molecule has 0 unspecified atom stereocenters. The van der Waals surface area contributed by atoms with Crippen molar-refractivity contribution in [2.45, 2.75) is 6.42 Å². The van der Waals surface area contributed by atoms with Gasteiger partial charge in [-0.3, -0.25) is 0 Å². The van der Waals surface area contributed by atoms with Crippen LogP contribution in [0.5, 0.6) is 0 Å². The number of nitrogens with one attached hydrogen (secondary N) is 2. The number of nitrogens with zero attached hydrogens (tertiary/aromatic N) is 3. The Morgan fingerprint density at radius 2 is 2.05 bits per heavy atom. The fourth-order valence-electron chi connectivity index (χ4n) is 1.54. The van der Waals surface area contributed by atoms with Crippen LogP contribution >= 0.6 is 15.9 Å². The molecule has 0 bridgehead atoms. The Balaban J connectivity index is 1.93. The molecule has 0 aliphatic carbocycles. The average molecular weight is 338 g/mol. The average Bonchev–Trinajstić information content (AvgIpc) is 2.47. The zero-order chi connectivity index (χ0) is 14.2. The zero-order valence-corrected chi connectivity index (χ0v) is 12.7. The number of methoxy groups -OCH3 is 1. The molecule has 1 aromatic heterocycles. The number of rotatable bonds is 7. The van der Waals surface area contributed by atoms with E-state index in [0.29, 0.717) is 11.8 Å². The fourth-order valence-corrected chi connectivity index (χ4v) is 1.80. The van der Waals surface area contributed by atoms with E-state index in [2.05, 4.69) is 41.7 Å². The third kappa shape index (κ3) is 4.75. The molecule has 0 fully saturated rings. The molecule has 2 aromatic rings. The smallest absolute Gasteiger partial charge is 0.249 e. The van der Waals surface area contributed by atoms with Crippen LogP contribution in [0.3, 0.4) is 0 Å². The summed E-state index contributed by atoms with van der Waals surface area (Å²) in [5.41, 5.74) is 0.909. The molecule has 2 N–H and O–H groups in total. The van der Waals surface area contributed by atoms with Gasteiger partial charge in [0.2, 0.25) is 5.95 Å². The minimum absolute atomic E-state index is 0.462. The van der Waals surface area contributed by atoms with Gasteiger partial charge in [-0.2, -0.15) is 10.1 Å². The Morgan fingerprint density at radius 3 is 2.80 bits per heavy atom. The monoisotopic (exact) mass is 337 g/mol. The summed E-state index contributed by atoms with van der Waals surface area (Å²) >= 11 is 3.39. The van der Waals surface area contributed by atoms with Gasteiger partial charge in [-0.25, -0.2) is 0 Å². The lowest BCUT2D eigenvalue weighted by atomic mass is 10.3. The normalized spacial score (nSPS) is 10.3. The highest BCUT2D eigenvalue weighted by molar-refractivity contribution is 9.10. The van der Waals surface area contributed by atoms with Crippen molar-refractivity contribution in [2.24, 2.45) is 0 Å². The molecule has 0 atom stereocenters. The third-order valence-electron chi connectivity index (χ3n) is 2.49. The molecular formula is C13H16BrN5O. The second-order valence-electron chi connectivity index (χ2n) is 4.07. The van der Waals surface area contributed by atoms with Gasteiger partial charge >= 0.3 is 0 Å². The van der Waals surface area contributed by atoms with E-state index >= 15 is 0 Å². The lowest BCUT2D eigenvalue weighted by Gasteiger charge is -2.07. The van der Waals surface area contributed by atoms with Crippen molar-refractivity contribution in [2.75, 3.05) is 30.9 Å². The summed E-state index contributed by atoms with van der Waals surface area (Å²) in [7, 11) is 1.69. The predicted molar refractivity (Wildman–Crippen MR) is 82.2 cm³/mol. The minimum Gasteiger partial charge on any atom is -0.385 e. The summed E-state index contributed by atoms with van der Waals surface area (Å²) < 4.78 is 6.01. The molecule has 0 aliphatic heterocycles. The number of halogens is 1. The molecule has 6 nitrogen and oxygen atoms in total. The predicted octanol–water partition coefficient (Wildman–Crippen LogP) is 2.83. The van der Waals surface area contributed by atoms with Gasteiger partial charge in [0.15, 0.2) is 5.82 Å². The second kappa shape index (κ2) is 7.76. The summed E-state index contributed by atoms with van der Waals surface area (Å²) in [4.78, 5) is 4.34. The molecule has 0 amide bonds. The van der Waals surface area contributed by atoms with Gasteiger partial charge < -0.3 is 15.4 Å². The Bertz CT molecular complexity index is 535. The van der Waals surface area contributed by atoms with Gasteiger partial charge in [-0.05, 0) is 30.7 Å². The van der Waals surface area contributed by atoms with Crippen molar-refractivity contribution in [3.05, 3.63) is 34.9 Å². The molecule has 20 heavy (non-hydrogen) atoms. The first-order valence-corrected chi connectivity index (χ1v) is 7.02. The van der Waals surface area contributed by atoms with Crippen LogP contribution in [-0.4, -0.2) is 35.4 Å². The summed E-state index contributed by atoms with van der Waals surface area (Å²) in [6, 6.07) is 7.77. The second-order valence-corrected chi connectivity index (χ2v) is 4.99. The maximum Gasteiger partial charge on any atom is 0.249 e. The highest BCUT2D eigenvalue weighted by Gasteiger charge is 2.01. The summed E-state index contributed by atoms with van der Waals surface area (Å²) in [5, 5.41) is 14.1. The number of aromatic nitrogens is 3. The van der Waals surface area contributed by atoms with Crippen LogP contribution in [0.1, 0.15) is 6.42 Å². The molecule has 7 heteroatoms. The number of benzene rings is 1. The van der Waals surface area contributed by atoms with Crippen molar-refractivity contribution in [1.29, 1.82) is 0 Å². The quantitative estimate of drug-likeness (QED) is 0.757. The maximum absolute atomic E-state index is 4.99. The van der Waals surface area contributed by atoms with Crippen molar-refractivity contribution in [3.8, 4) is 0 Å². The van der Waals surface area contributed by atoms with Gasteiger partial charge in [0.25, 0.3) is 0 Å². The first-order chi connectivity index (χ1) is 9.78. The van der Waals surface area contributed by atoms with Gasteiger partial charge in [0.1, 0.15) is 0 Å². The summed E-state index contributed by atoms with van der Waals surface area (Å²) in [6.45, 7) is 1.50. The highest BCUT2D eigenvalue weighted by Crippen LogP contribution is 2.17. The number of anilines is 3. The standard InChI is InChI=1S/C13H16BrN5O/c1-20-8-2-7-15-12-9-16-19-13(18-12)17-11-5-3-10(14)4-6-11/h3-6,9H,2,7-8H2,1H3,(H2,15,17,18,19). The Hall–Kier alpha value is -1.73. The zero-order valence-electron chi connectivity index (χ0n) is 11.1. The summed E-state index contributed by atoms with van der Waals surface area (Å²) in [5.74, 6) is 1.15. The van der Waals surface area contributed by atoms with Crippen LogP contribution in [0.4, 0.5) is 17.5 Å². The van der Waals surface area contributed by atoms with Crippen LogP contribution < -0.4 is 10.6 Å². The van der Waals surface area contributed by atoms with E-state index in [9.17, 15) is 0 Å². The maximum atomic E-state index is 4.99. The fraction of sp³-hybridized carbons (Fsp3) is 0.308. The van der Waals surface area contributed by atoms with E-state index in [1.54, 1.807) is 13.3 Å². The van der Waals surface area contributed by atoms with Crippen molar-refractivity contribution in [3.63, 3.8) is 0 Å². The van der Waals surface area contributed by atoms with E-state index in [-0.39, 0.29) is 0 Å². The molecule has 106 valence electrons. The van der Waals surface area contributed by atoms with Gasteiger partial charge in [-0.1, -0.05) is 15.9 Å². The number of hydrogen-bond donors (Lipinski definition) is 2. The molecule has 0 aliphatic rings. The number of hydrogen-bond acceptors (Lipinski definition) is 6. The van der Waals surface area contributed by atoms with Crippen LogP contribution in [0, 0.1) is 0 Å². The minimum atomic E-state index is 0.462. The Kier molecular flexibility index (Phi) is 5.69. The Morgan fingerprint density at radius 1 is 1.25 bits per heavy atom. The molecule has 1 heterocycles.